The Balaban J connectivity index is 2.71. The molecule has 0 aliphatic carbocycles. The normalized spacial score (nSPS) is 10.1. The molecule has 0 aliphatic heterocycles. The molecule has 17 heavy (non-hydrogen) atoms. The molecule has 4 nitrogen and oxygen atoms in total. The highest BCUT2D eigenvalue weighted by molar-refractivity contribution is 9.10. The number of halogens is 1. The van der Waals surface area contributed by atoms with Gasteiger partial charge in [-0.25, -0.2) is 4.79 Å². The third-order valence-corrected chi connectivity index (χ3v) is 2.68. The van der Waals surface area contributed by atoms with Crippen molar-refractivity contribution in [1.29, 1.82) is 0 Å². The number of carbonyl (C=O) groups is 1. The van der Waals surface area contributed by atoms with E-state index in [1.165, 1.54) is 0 Å². The highest BCUT2D eigenvalue weighted by Gasteiger charge is 2.10. The van der Waals surface area contributed by atoms with Crippen molar-refractivity contribution in [1.82, 2.24) is 5.32 Å². The van der Waals surface area contributed by atoms with Crippen LogP contribution in [0.25, 0.3) is 0 Å². The summed E-state index contributed by atoms with van der Waals surface area (Å²) in [6.07, 6.45) is 0. The average molecular weight is 302 g/mol. The van der Waals surface area contributed by atoms with E-state index in [1.54, 1.807) is 6.92 Å². The molecule has 0 aliphatic rings. The number of nitrogens with one attached hydrogen (secondary N) is 1. The van der Waals surface area contributed by atoms with E-state index < -0.39 is 0 Å². The first-order chi connectivity index (χ1) is 8.19. The van der Waals surface area contributed by atoms with Gasteiger partial charge in [0.15, 0.2) is 6.61 Å². The Hall–Kier alpha value is -1.07. The Morgan fingerprint density at radius 1 is 1.47 bits per heavy atom. The zero-order valence-electron chi connectivity index (χ0n) is 9.96. The van der Waals surface area contributed by atoms with Crippen molar-refractivity contribution < 1.29 is 14.3 Å². The number of rotatable bonds is 6. The lowest BCUT2D eigenvalue weighted by atomic mass is 10.2. The number of carbonyl (C=O) groups excluding carboxylic acids is 1. The standard InChI is InChI=1S/C12H16BrNO3/c1-3-16-11(15)8-17-12-9(7-14-2)5-4-6-10(12)13/h4-6,14H,3,7-8H2,1-2H3. The van der Waals surface area contributed by atoms with Crippen molar-refractivity contribution in [3.63, 3.8) is 0 Å². The van der Waals surface area contributed by atoms with Crippen LogP contribution in [0.2, 0.25) is 0 Å². The van der Waals surface area contributed by atoms with Crippen LogP contribution in [-0.2, 0) is 16.1 Å². The fourth-order valence-corrected chi connectivity index (χ4v) is 1.90. The Bertz CT molecular complexity index is 382. The molecule has 0 amide bonds. The first kappa shape index (κ1) is 14.0. The topological polar surface area (TPSA) is 47.6 Å². The summed E-state index contributed by atoms with van der Waals surface area (Å²) in [5, 5.41) is 3.05. The molecule has 1 aromatic carbocycles. The Kier molecular flexibility index (Phi) is 6.00. The zero-order chi connectivity index (χ0) is 12.7. The van der Waals surface area contributed by atoms with Gasteiger partial charge in [-0.3, -0.25) is 0 Å². The van der Waals surface area contributed by atoms with Gasteiger partial charge in [0.1, 0.15) is 5.75 Å². The zero-order valence-corrected chi connectivity index (χ0v) is 11.5. The predicted molar refractivity (Wildman–Crippen MR) is 69.0 cm³/mol. The van der Waals surface area contributed by atoms with E-state index in [0.29, 0.717) is 18.9 Å². The van der Waals surface area contributed by atoms with Gasteiger partial charge in [-0.2, -0.15) is 0 Å². The van der Waals surface area contributed by atoms with Crippen molar-refractivity contribution in [2.75, 3.05) is 20.3 Å². The molecule has 0 fully saturated rings. The molecule has 1 rings (SSSR count). The van der Waals surface area contributed by atoms with E-state index in [0.717, 1.165) is 10.0 Å². The van der Waals surface area contributed by atoms with E-state index in [9.17, 15) is 4.79 Å². The number of para-hydroxylation sites is 1. The molecular weight excluding hydrogens is 286 g/mol. The molecule has 1 aromatic rings. The van der Waals surface area contributed by atoms with Gasteiger partial charge >= 0.3 is 5.97 Å². The molecule has 0 saturated carbocycles. The van der Waals surface area contributed by atoms with Crippen LogP contribution in [0.5, 0.6) is 5.75 Å². The van der Waals surface area contributed by atoms with Crippen LogP contribution < -0.4 is 10.1 Å². The summed E-state index contributed by atoms with van der Waals surface area (Å²) >= 11 is 3.40. The molecule has 0 radical (unpaired) electrons. The second kappa shape index (κ2) is 7.29. The number of ether oxygens (including phenoxy) is 2. The molecule has 0 aromatic heterocycles. The molecular formula is C12H16BrNO3. The Morgan fingerprint density at radius 2 is 2.24 bits per heavy atom. The molecule has 94 valence electrons. The second-order valence-corrected chi connectivity index (χ2v) is 4.21. The smallest absolute Gasteiger partial charge is 0.344 e. The third kappa shape index (κ3) is 4.36. The van der Waals surface area contributed by atoms with Crippen molar-refractivity contribution in [2.24, 2.45) is 0 Å². The van der Waals surface area contributed by atoms with Crippen LogP contribution >= 0.6 is 15.9 Å². The van der Waals surface area contributed by atoms with Crippen molar-refractivity contribution in [3.05, 3.63) is 28.2 Å². The molecule has 0 saturated heterocycles. The maximum atomic E-state index is 11.2. The highest BCUT2D eigenvalue weighted by Crippen LogP contribution is 2.28. The minimum absolute atomic E-state index is 0.0762. The van der Waals surface area contributed by atoms with Crippen molar-refractivity contribution in [3.8, 4) is 5.75 Å². The van der Waals surface area contributed by atoms with Crippen molar-refractivity contribution in [2.45, 2.75) is 13.5 Å². The van der Waals surface area contributed by atoms with Crippen LogP contribution in [0, 0.1) is 0 Å². The van der Waals surface area contributed by atoms with E-state index >= 15 is 0 Å². The van der Waals surface area contributed by atoms with Gasteiger partial charge in [-0.05, 0) is 36.0 Å². The van der Waals surface area contributed by atoms with Gasteiger partial charge in [-0.15, -0.1) is 0 Å². The first-order valence-corrected chi connectivity index (χ1v) is 6.18. The van der Waals surface area contributed by atoms with Gasteiger partial charge in [0.2, 0.25) is 0 Å². The van der Waals surface area contributed by atoms with E-state index in [2.05, 4.69) is 21.2 Å². The number of hydrogen-bond acceptors (Lipinski definition) is 4. The minimum atomic E-state index is -0.362. The lowest BCUT2D eigenvalue weighted by molar-refractivity contribution is -0.145. The second-order valence-electron chi connectivity index (χ2n) is 3.35. The maximum absolute atomic E-state index is 11.2. The minimum Gasteiger partial charge on any atom is -0.480 e. The summed E-state index contributed by atoms with van der Waals surface area (Å²) in [5.74, 6) is 0.313. The number of hydrogen-bond donors (Lipinski definition) is 1. The molecule has 1 N–H and O–H groups in total. The van der Waals surface area contributed by atoms with Gasteiger partial charge in [0, 0.05) is 12.1 Å². The van der Waals surface area contributed by atoms with Crippen LogP contribution in [0.3, 0.4) is 0 Å². The van der Waals surface area contributed by atoms with Gasteiger partial charge < -0.3 is 14.8 Å². The molecule has 0 heterocycles. The summed E-state index contributed by atoms with van der Waals surface area (Å²) in [6.45, 7) is 2.73. The number of esters is 1. The predicted octanol–water partition coefficient (Wildman–Crippen LogP) is 2.11. The lowest BCUT2D eigenvalue weighted by Crippen LogP contribution is -2.16. The van der Waals surface area contributed by atoms with E-state index in [-0.39, 0.29) is 12.6 Å². The molecule has 0 spiro atoms. The van der Waals surface area contributed by atoms with Gasteiger partial charge in [0.05, 0.1) is 11.1 Å². The van der Waals surface area contributed by atoms with Crippen LogP contribution in [-0.4, -0.2) is 26.2 Å². The fourth-order valence-electron chi connectivity index (χ4n) is 1.38. The van der Waals surface area contributed by atoms with Gasteiger partial charge in [-0.1, -0.05) is 12.1 Å². The number of benzene rings is 1. The van der Waals surface area contributed by atoms with Crippen LogP contribution in [0.15, 0.2) is 22.7 Å². The lowest BCUT2D eigenvalue weighted by Gasteiger charge is -2.12. The highest BCUT2D eigenvalue weighted by atomic mass is 79.9. The summed E-state index contributed by atoms with van der Waals surface area (Å²) in [7, 11) is 1.86. The molecule has 0 unspecified atom stereocenters. The van der Waals surface area contributed by atoms with Crippen molar-refractivity contribution >= 4 is 21.9 Å². The van der Waals surface area contributed by atoms with E-state index in [4.69, 9.17) is 9.47 Å². The molecule has 5 heteroatoms. The third-order valence-electron chi connectivity index (χ3n) is 2.06. The van der Waals surface area contributed by atoms with Gasteiger partial charge in [0.25, 0.3) is 0 Å². The van der Waals surface area contributed by atoms with Crippen LogP contribution in [0.1, 0.15) is 12.5 Å². The monoisotopic (exact) mass is 301 g/mol. The summed E-state index contributed by atoms with van der Waals surface area (Å²) in [5.41, 5.74) is 0.992. The van der Waals surface area contributed by atoms with Crippen LogP contribution in [0.4, 0.5) is 0 Å². The Morgan fingerprint density at radius 3 is 2.88 bits per heavy atom. The summed E-state index contributed by atoms with van der Waals surface area (Å²) < 4.78 is 11.1. The Labute approximate surface area is 109 Å². The average Bonchev–Trinajstić information content (AvgIpc) is 2.29. The molecule has 0 bridgehead atoms. The molecule has 0 atom stereocenters. The SMILES string of the molecule is CCOC(=O)COc1c(Br)cccc1CNC. The maximum Gasteiger partial charge on any atom is 0.344 e. The first-order valence-electron chi connectivity index (χ1n) is 5.39. The fraction of sp³-hybridized carbons (Fsp3) is 0.417. The van der Waals surface area contributed by atoms with E-state index in [1.807, 2.05) is 25.2 Å². The summed E-state index contributed by atoms with van der Waals surface area (Å²) in [4.78, 5) is 11.2. The quantitative estimate of drug-likeness (QED) is 0.818. The summed E-state index contributed by atoms with van der Waals surface area (Å²) in [6, 6.07) is 5.75. The largest absolute Gasteiger partial charge is 0.480 e.